The van der Waals surface area contributed by atoms with Crippen LogP contribution in [0.2, 0.25) is 5.02 Å². The van der Waals surface area contributed by atoms with Gasteiger partial charge in [0, 0.05) is 32.6 Å². The average Bonchev–Trinajstić information content (AvgIpc) is 3.01. The first kappa shape index (κ1) is 17.7. The SMILES string of the molecule is CN(C(=O)O)[C@@H]1CN(Cc2ccccc2)C[C@H]1c1ccc(Cl)c(F)c1. The number of likely N-dealkylation sites (tertiary alicyclic amines) is 1. The summed E-state index contributed by atoms with van der Waals surface area (Å²) >= 11 is 5.78. The predicted molar refractivity (Wildman–Crippen MR) is 95.4 cm³/mol. The van der Waals surface area contributed by atoms with Crippen LogP contribution >= 0.6 is 11.6 Å². The van der Waals surface area contributed by atoms with E-state index in [4.69, 9.17) is 11.6 Å². The van der Waals surface area contributed by atoms with Gasteiger partial charge in [-0.3, -0.25) is 4.90 Å². The second-order valence-electron chi connectivity index (χ2n) is 6.42. The van der Waals surface area contributed by atoms with Crippen molar-refractivity contribution in [1.82, 2.24) is 9.80 Å². The molecule has 2 aromatic rings. The number of amides is 1. The molecular weight excluding hydrogens is 343 g/mol. The highest BCUT2D eigenvalue weighted by molar-refractivity contribution is 6.30. The van der Waals surface area contributed by atoms with Crippen molar-refractivity contribution < 1.29 is 14.3 Å². The number of carbonyl (C=O) groups is 1. The minimum Gasteiger partial charge on any atom is -0.465 e. The molecule has 0 spiro atoms. The van der Waals surface area contributed by atoms with Crippen molar-refractivity contribution in [3.05, 3.63) is 70.5 Å². The molecule has 1 amide bonds. The average molecular weight is 363 g/mol. The van der Waals surface area contributed by atoms with Crippen LogP contribution in [0.1, 0.15) is 17.0 Å². The van der Waals surface area contributed by atoms with E-state index < -0.39 is 11.9 Å². The quantitative estimate of drug-likeness (QED) is 0.892. The Kier molecular flexibility index (Phi) is 5.25. The van der Waals surface area contributed by atoms with Crippen molar-refractivity contribution in [2.24, 2.45) is 0 Å². The molecule has 6 heteroatoms. The highest BCUT2D eigenvalue weighted by atomic mass is 35.5. The highest BCUT2D eigenvalue weighted by Gasteiger charge is 2.38. The van der Waals surface area contributed by atoms with Gasteiger partial charge in [-0.25, -0.2) is 9.18 Å². The monoisotopic (exact) mass is 362 g/mol. The molecule has 0 radical (unpaired) electrons. The van der Waals surface area contributed by atoms with Crippen LogP contribution in [0.3, 0.4) is 0 Å². The fraction of sp³-hybridized carbons (Fsp3) is 0.316. The van der Waals surface area contributed by atoms with Crippen LogP contribution in [0.4, 0.5) is 9.18 Å². The number of benzene rings is 2. The van der Waals surface area contributed by atoms with Crippen molar-refractivity contribution in [2.75, 3.05) is 20.1 Å². The summed E-state index contributed by atoms with van der Waals surface area (Å²) in [4.78, 5) is 15.0. The van der Waals surface area contributed by atoms with E-state index in [1.54, 1.807) is 13.1 Å². The number of carboxylic acid groups (broad SMARTS) is 1. The Morgan fingerprint density at radius 1 is 1.28 bits per heavy atom. The van der Waals surface area contributed by atoms with E-state index in [1.165, 1.54) is 22.6 Å². The van der Waals surface area contributed by atoms with Gasteiger partial charge in [-0.05, 0) is 23.3 Å². The fourth-order valence-electron chi connectivity index (χ4n) is 3.44. The summed E-state index contributed by atoms with van der Waals surface area (Å²) in [5.41, 5.74) is 1.94. The Labute approximate surface area is 151 Å². The molecule has 1 heterocycles. The molecule has 1 fully saturated rings. The second kappa shape index (κ2) is 7.42. The third kappa shape index (κ3) is 3.94. The van der Waals surface area contributed by atoms with E-state index in [0.29, 0.717) is 13.1 Å². The van der Waals surface area contributed by atoms with Crippen molar-refractivity contribution in [2.45, 2.75) is 18.5 Å². The van der Waals surface area contributed by atoms with Gasteiger partial charge in [0.1, 0.15) is 5.82 Å². The molecule has 25 heavy (non-hydrogen) atoms. The number of hydrogen-bond donors (Lipinski definition) is 1. The zero-order valence-electron chi connectivity index (χ0n) is 13.9. The largest absolute Gasteiger partial charge is 0.465 e. The Bertz CT molecular complexity index is 756. The molecule has 1 aliphatic rings. The second-order valence-corrected chi connectivity index (χ2v) is 6.83. The third-order valence-electron chi connectivity index (χ3n) is 4.78. The van der Waals surface area contributed by atoms with Crippen molar-refractivity contribution >= 4 is 17.7 Å². The van der Waals surface area contributed by atoms with Gasteiger partial charge in [-0.15, -0.1) is 0 Å². The standard InChI is InChI=1S/C19H20ClFN2O2/c1-22(19(24)25)18-12-23(10-13-5-3-2-4-6-13)11-15(18)14-7-8-16(20)17(21)9-14/h2-9,15,18H,10-12H2,1H3,(H,24,25)/t15-,18+/m0/s1. The number of rotatable bonds is 4. The summed E-state index contributed by atoms with van der Waals surface area (Å²) in [6, 6.07) is 14.5. The lowest BCUT2D eigenvalue weighted by atomic mass is 9.93. The van der Waals surface area contributed by atoms with Crippen LogP contribution in [0, 0.1) is 5.82 Å². The first-order chi connectivity index (χ1) is 12.0. The van der Waals surface area contributed by atoms with Gasteiger partial charge in [0.05, 0.1) is 11.1 Å². The van der Waals surface area contributed by atoms with Gasteiger partial charge < -0.3 is 10.0 Å². The molecule has 2 aromatic carbocycles. The van der Waals surface area contributed by atoms with Gasteiger partial charge in [-0.1, -0.05) is 48.0 Å². The van der Waals surface area contributed by atoms with Crippen LogP contribution in [-0.2, 0) is 6.54 Å². The molecule has 1 saturated heterocycles. The molecule has 0 aliphatic carbocycles. The summed E-state index contributed by atoms with van der Waals surface area (Å²) < 4.78 is 13.9. The predicted octanol–water partition coefficient (Wildman–Crippen LogP) is 4.06. The van der Waals surface area contributed by atoms with Crippen LogP contribution in [0.25, 0.3) is 0 Å². The van der Waals surface area contributed by atoms with E-state index in [2.05, 4.69) is 4.90 Å². The molecule has 0 saturated carbocycles. The first-order valence-electron chi connectivity index (χ1n) is 8.12. The minimum atomic E-state index is -0.981. The summed E-state index contributed by atoms with van der Waals surface area (Å²) in [6.07, 6.45) is -0.981. The van der Waals surface area contributed by atoms with Crippen LogP contribution in [-0.4, -0.2) is 47.2 Å². The lowest BCUT2D eigenvalue weighted by Gasteiger charge is -2.27. The first-order valence-corrected chi connectivity index (χ1v) is 8.50. The van der Waals surface area contributed by atoms with E-state index in [9.17, 15) is 14.3 Å². The molecule has 4 nitrogen and oxygen atoms in total. The maximum absolute atomic E-state index is 13.9. The molecular formula is C19H20ClFN2O2. The van der Waals surface area contributed by atoms with Crippen LogP contribution in [0.15, 0.2) is 48.5 Å². The number of likely N-dealkylation sites (N-methyl/N-ethyl adjacent to an activating group) is 1. The Morgan fingerprint density at radius 3 is 2.64 bits per heavy atom. The lowest BCUT2D eigenvalue weighted by molar-refractivity contribution is 0.135. The van der Waals surface area contributed by atoms with Crippen LogP contribution < -0.4 is 0 Å². The zero-order chi connectivity index (χ0) is 18.0. The Morgan fingerprint density at radius 2 is 2.00 bits per heavy atom. The topological polar surface area (TPSA) is 43.8 Å². The fourth-order valence-corrected chi connectivity index (χ4v) is 3.56. The third-order valence-corrected chi connectivity index (χ3v) is 5.09. The molecule has 0 bridgehead atoms. The summed E-state index contributed by atoms with van der Waals surface area (Å²) in [6.45, 7) is 2.00. The van der Waals surface area contributed by atoms with Crippen molar-refractivity contribution in [1.29, 1.82) is 0 Å². The van der Waals surface area contributed by atoms with Gasteiger partial charge in [0.15, 0.2) is 0 Å². The summed E-state index contributed by atoms with van der Waals surface area (Å²) in [7, 11) is 1.57. The minimum absolute atomic E-state index is 0.0750. The maximum atomic E-state index is 13.9. The van der Waals surface area contributed by atoms with E-state index in [1.807, 2.05) is 30.3 Å². The van der Waals surface area contributed by atoms with Gasteiger partial charge in [-0.2, -0.15) is 0 Å². The van der Waals surface area contributed by atoms with Gasteiger partial charge in [0.25, 0.3) is 0 Å². The molecule has 2 atom stereocenters. The molecule has 132 valence electrons. The maximum Gasteiger partial charge on any atom is 0.407 e. The van der Waals surface area contributed by atoms with Gasteiger partial charge >= 0.3 is 6.09 Å². The van der Waals surface area contributed by atoms with Crippen LogP contribution in [0.5, 0.6) is 0 Å². The zero-order valence-corrected chi connectivity index (χ0v) is 14.7. The van der Waals surface area contributed by atoms with E-state index >= 15 is 0 Å². The molecule has 0 aromatic heterocycles. The van der Waals surface area contributed by atoms with Crippen molar-refractivity contribution in [3.63, 3.8) is 0 Å². The summed E-state index contributed by atoms with van der Waals surface area (Å²) in [5.74, 6) is -0.575. The smallest absolute Gasteiger partial charge is 0.407 e. The number of nitrogens with zero attached hydrogens (tertiary/aromatic N) is 2. The van der Waals surface area contributed by atoms with E-state index in [0.717, 1.165) is 12.1 Å². The lowest BCUT2D eigenvalue weighted by Crippen LogP contribution is -2.40. The molecule has 1 N–H and O–H groups in total. The number of halogens is 2. The Balaban J connectivity index is 1.85. The van der Waals surface area contributed by atoms with Gasteiger partial charge in [0.2, 0.25) is 0 Å². The highest BCUT2D eigenvalue weighted by Crippen LogP contribution is 2.33. The normalized spacial score (nSPS) is 20.6. The molecule has 3 rings (SSSR count). The molecule has 1 aliphatic heterocycles. The summed E-state index contributed by atoms with van der Waals surface area (Å²) in [5, 5.41) is 9.47. The Hall–Kier alpha value is -2.11. The number of hydrogen-bond acceptors (Lipinski definition) is 2. The molecule has 0 unspecified atom stereocenters. The van der Waals surface area contributed by atoms with E-state index in [-0.39, 0.29) is 17.0 Å². The van der Waals surface area contributed by atoms with Crippen molar-refractivity contribution in [3.8, 4) is 0 Å².